The molecular formula is C14H17F2NO3. The Morgan fingerprint density at radius 2 is 2.30 bits per heavy atom. The van der Waals surface area contributed by atoms with Crippen LogP contribution in [-0.4, -0.2) is 43.8 Å². The molecule has 0 amide bonds. The predicted molar refractivity (Wildman–Crippen MR) is 68.0 cm³/mol. The number of halogens is 2. The van der Waals surface area contributed by atoms with E-state index < -0.39 is 11.6 Å². The van der Waals surface area contributed by atoms with E-state index in [1.165, 1.54) is 13.2 Å². The lowest BCUT2D eigenvalue weighted by Crippen LogP contribution is -2.43. The zero-order valence-electron chi connectivity index (χ0n) is 11.3. The Labute approximate surface area is 116 Å². The van der Waals surface area contributed by atoms with E-state index in [2.05, 4.69) is 4.74 Å². The largest absolute Gasteiger partial charge is 0.469 e. The summed E-state index contributed by atoms with van der Waals surface area (Å²) in [7, 11) is 1.32. The lowest BCUT2D eigenvalue weighted by Gasteiger charge is -2.32. The highest BCUT2D eigenvalue weighted by molar-refractivity contribution is 5.69. The molecule has 0 aromatic heterocycles. The number of rotatable bonds is 4. The Hall–Kier alpha value is -1.53. The van der Waals surface area contributed by atoms with Gasteiger partial charge in [0, 0.05) is 25.2 Å². The van der Waals surface area contributed by atoms with E-state index in [9.17, 15) is 13.6 Å². The van der Waals surface area contributed by atoms with Crippen molar-refractivity contribution in [2.75, 3.05) is 26.8 Å². The minimum absolute atomic E-state index is 0.165. The summed E-state index contributed by atoms with van der Waals surface area (Å²) < 4.78 is 36.8. The zero-order valence-corrected chi connectivity index (χ0v) is 11.3. The second-order valence-electron chi connectivity index (χ2n) is 4.72. The number of ether oxygens (including phenoxy) is 2. The molecule has 1 aliphatic heterocycles. The van der Waals surface area contributed by atoms with E-state index in [1.807, 2.05) is 4.90 Å². The number of morpholine rings is 1. The molecule has 4 nitrogen and oxygen atoms in total. The quantitative estimate of drug-likeness (QED) is 0.790. The van der Waals surface area contributed by atoms with Crippen molar-refractivity contribution < 1.29 is 23.0 Å². The van der Waals surface area contributed by atoms with Gasteiger partial charge in [0.15, 0.2) is 11.6 Å². The number of esters is 1. The summed E-state index contributed by atoms with van der Waals surface area (Å²) in [6.07, 6.45) is -0.105. The first-order chi connectivity index (χ1) is 9.60. The van der Waals surface area contributed by atoms with Gasteiger partial charge in [-0.2, -0.15) is 0 Å². The monoisotopic (exact) mass is 285 g/mol. The van der Waals surface area contributed by atoms with Crippen molar-refractivity contribution in [3.63, 3.8) is 0 Å². The molecule has 20 heavy (non-hydrogen) atoms. The van der Waals surface area contributed by atoms with E-state index in [1.54, 1.807) is 6.07 Å². The number of carbonyl (C=O) groups is 1. The molecule has 1 heterocycles. The standard InChI is InChI=1S/C14H17F2NO3/c1-19-13(18)7-11-9-17(5-6-20-11)8-10-3-2-4-12(15)14(10)16/h2-4,11H,5-9H2,1H3/t11-/m0/s1. The van der Waals surface area contributed by atoms with Crippen molar-refractivity contribution in [2.24, 2.45) is 0 Å². The molecule has 0 N–H and O–H groups in total. The average molecular weight is 285 g/mol. The first-order valence-electron chi connectivity index (χ1n) is 6.44. The van der Waals surface area contributed by atoms with Gasteiger partial charge in [-0.25, -0.2) is 8.78 Å². The smallest absolute Gasteiger partial charge is 0.308 e. The number of nitrogens with zero attached hydrogens (tertiary/aromatic N) is 1. The van der Waals surface area contributed by atoms with Crippen LogP contribution >= 0.6 is 0 Å². The van der Waals surface area contributed by atoms with Gasteiger partial charge in [-0.3, -0.25) is 9.69 Å². The third-order valence-electron chi connectivity index (χ3n) is 3.27. The molecule has 110 valence electrons. The van der Waals surface area contributed by atoms with Crippen molar-refractivity contribution in [1.82, 2.24) is 4.90 Å². The van der Waals surface area contributed by atoms with Crippen LogP contribution in [0.4, 0.5) is 8.78 Å². The molecule has 2 rings (SSSR count). The third kappa shape index (κ3) is 3.74. The van der Waals surface area contributed by atoms with Crippen LogP contribution in [0.5, 0.6) is 0 Å². The van der Waals surface area contributed by atoms with E-state index in [-0.39, 0.29) is 18.5 Å². The van der Waals surface area contributed by atoms with Crippen LogP contribution in [0.25, 0.3) is 0 Å². The predicted octanol–water partition coefficient (Wildman–Crippen LogP) is 1.73. The van der Waals surface area contributed by atoms with Crippen LogP contribution in [0, 0.1) is 11.6 Å². The van der Waals surface area contributed by atoms with Crippen molar-refractivity contribution >= 4 is 5.97 Å². The Bertz CT molecular complexity index is 481. The number of benzene rings is 1. The Kier molecular flexibility index (Phi) is 5.03. The van der Waals surface area contributed by atoms with E-state index in [0.29, 0.717) is 31.8 Å². The zero-order chi connectivity index (χ0) is 14.5. The van der Waals surface area contributed by atoms with Crippen LogP contribution in [0.2, 0.25) is 0 Å². The number of methoxy groups -OCH3 is 1. The lowest BCUT2D eigenvalue weighted by molar-refractivity contribution is -0.145. The maximum absolute atomic E-state index is 13.6. The highest BCUT2D eigenvalue weighted by Crippen LogP contribution is 2.17. The van der Waals surface area contributed by atoms with Crippen molar-refractivity contribution in [1.29, 1.82) is 0 Å². The summed E-state index contributed by atoms with van der Waals surface area (Å²) in [5, 5.41) is 0. The summed E-state index contributed by atoms with van der Waals surface area (Å²) in [5.74, 6) is -2.00. The van der Waals surface area contributed by atoms with E-state index in [4.69, 9.17) is 4.74 Å². The summed E-state index contributed by atoms with van der Waals surface area (Å²) in [4.78, 5) is 13.2. The Balaban J connectivity index is 1.96. The average Bonchev–Trinajstić information content (AvgIpc) is 2.44. The van der Waals surface area contributed by atoms with Crippen molar-refractivity contribution in [3.05, 3.63) is 35.4 Å². The molecule has 6 heteroatoms. The number of hydrogen-bond donors (Lipinski definition) is 0. The van der Waals surface area contributed by atoms with Crippen LogP contribution in [0.15, 0.2) is 18.2 Å². The highest BCUT2D eigenvalue weighted by atomic mass is 19.2. The minimum Gasteiger partial charge on any atom is -0.469 e. The van der Waals surface area contributed by atoms with Crippen molar-refractivity contribution in [2.45, 2.75) is 19.1 Å². The van der Waals surface area contributed by atoms with Gasteiger partial charge in [-0.15, -0.1) is 0 Å². The second-order valence-corrected chi connectivity index (χ2v) is 4.72. The maximum Gasteiger partial charge on any atom is 0.308 e. The number of carbonyl (C=O) groups excluding carboxylic acids is 1. The fourth-order valence-electron chi connectivity index (χ4n) is 2.23. The topological polar surface area (TPSA) is 38.8 Å². The molecule has 1 aliphatic rings. The molecule has 1 aromatic carbocycles. The molecule has 1 fully saturated rings. The van der Waals surface area contributed by atoms with E-state index >= 15 is 0 Å². The summed E-state index contributed by atoms with van der Waals surface area (Å²) in [6.45, 7) is 1.86. The first-order valence-corrected chi connectivity index (χ1v) is 6.44. The van der Waals surface area contributed by atoms with Gasteiger partial charge in [-0.05, 0) is 6.07 Å². The minimum atomic E-state index is -0.845. The molecule has 0 saturated carbocycles. The summed E-state index contributed by atoms with van der Waals surface area (Å²) in [6, 6.07) is 4.14. The SMILES string of the molecule is COC(=O)C[C@H]1CN(Cc2cccc(F)c2F)CCO1. The highest BCUT2D eigenvalue weighted by Gasteiger charge is 2.24. The third-order valence-corrected chi connectivity index (χ3v) is 3.27. The van der Waals surface area contributed by atoms with Gasteiger partial charge >= 0.3 is 5.97 Å². The van der Waals surface area contributed by atoms with Gasteiger partial charge < -0.3 is 9.47 Å². The van der Waals surface area contributed by atoms with Crippen LogP contribution in [0.3, 0.4) is 0 Å². The summed E-state index contributed by atoms with van der Waals surface area (Å²) in [5.41, 5.74) is 0.309. The summed E-state index contributed by atoms with van der Waals surface area (Å²) >= 11 is 0. The maximum atomic E-state index is 13.6. The molecular weight excluding hydrogens is 268 g/mol. The first kappa shape index (κ1) is 14.9. The van der Waals surface area contributed by atoms with Gasteiger partial charge in [0.25, 0.3) is 0 Å². The lowest BCUT2D eigenvalue weighted by atomic mass is 10.1. The van der Waals surface area contributed by atoms with Gasteiger partial charge in [0.05, 0.1) is 26.2 Å². The molecule has 0 unspecified atom stereocenters. The molecule has 0 bridgehead atoms. The fraction of sp³-hybridized carbons (Fsp3) is 0.500. The van der Waals surface area contributed by atoms with Crippen LogP contribution in [-0.2, 0) is 20.8 Å². The van der Waals surface area contributed by atoms with Crippen molar-refractivity contribution in [3.8, 4) is 0 Å². The molecule has 1 atom stereocenters. The Morgan fingerprint density at radius 1 is 1.50 bits per heavy atom. The number of hydrogen-bond acceptors (Lipinski definition) is 4. The van der Waals surface area contributed by atoms with Gasteiger partial charge in [0.2, 0.25) is 0 Å². The fourth-order valence-corrected chi connectivity index (χ4v) is 2.23. The second kappa shape index (κ2) is 6.76. The molecule has 1 saturated heterocycles. The molecule has 1 aromatic rings. The molecule has 0 spiro atoms. The van der Waals surface area contributed by atoms with E-state index in [0.717, 1.165) is 6.07 Å². The molecule has 0 radical (unpaired) electrons. The van der Waals surface area contributed by atoms with Gasteiger partial charge in [-0.1, -0.05) is 12.1 Å². The molecule has 0 aliphatic carbocycles. The normalized spacial score (nSPS) is 19.9. The van der Waals surface area contributed by atoms with Crippen LogP contribution in [0.1, 0.15) is 12.0 Å². The Morgan fingerprint density at radius 3 is 3.05 bits per heavy atom. The van der Waals surface area contributed by atoms with Crippen LogP contribution < -0.4 is 0 Å². The van der Waals surface area contributed by atoms with Gasteiger partial charge in [0.1, 0.15) is 0 Å².